The minimum atomic E-state index is -2.49. The number of amides is 23. The molecule has 137 heavy (non-hydrogen) atoms. The Morgan fingerprint density at radius 1 is 0.175 bits per heavy atom. The summed E-state index contributed by atoms with van der Waals surface area (Å²) >= 11 is 0. The maximum Gasteiger partial charge on any atom is 0.326 e. The number of nitrogens with two attached hydrogens (primary N) is 4. The maximum atomic E-state index is 13.7. The van der Waals surface area contributed by atoms with Crippen molar-refractivity contribution in [2.45, 2.75) is 160 Å². The zero-order valence-electron chi connectivity index (χ0n) is 70.9. The molecule has 0 saturated carbocycles. The van der Waals surface area contributed by atoms with Gasteiger partial charge in [-0.2, -0.15) is 0 Å². The van der Waals surface area contributed by atoms with Gasteiger partial charge in [-0.15, -0.1) is 0 Å². The molecule has 0 aliphatic carbocycles. The maximum absolute atomic E-state index is 13.7. The van der Waals surface area contributed by atoms with E-state index in [1.54, 1.807) is 53.2 Å². The van der Waals surface area contributed by atoms with Crippen LogP contribution < -0.4 is 129 Å². The molecule has 0 rings (SSSR count). The lowest BCUT2D eigenvalue weighted by molar-refractivity contribution is -0.144. The van der Waals surface area contributed by atoms with Gasteiger partial charge in [0.05, 0.1) is 143 Å². The van der Waals surface area contributed by atoms with Crippen molar-refractivity contribution < 1.29 is 220 Å². The van der Waals surface area contributed by atoms with Crippen LogP contribution in [0.25, 0.3) is 0 Å². The second kappa shape index (κ2) is 61.5. The molecule has 0 bridgehead atoms. The molecule has 0 aromatic rings. The Kier molecular flexibility index (Phi) is 54.2. The number of rotatable bonds is 67. The topological polar surface area (TPSA) is 1160 Å². The molecular weight excluding hydrogens is 1870 g/mol. The summed E-state index contributed by atoms with van der Waals surface area (Å²) in [5, 5.41) is 182. The normalized spacial score (nSPS) is 14.4. The van der Waals surface area contributed by atoms with Gasteiger partial charge in [-0.25, -0.2) is 4.79 Å². The summed E-state index contributed by atoms with van der Waals surface area (Å²) in [4.78, 5) is 380. The average molecular weight is 1980 g/mol. The molecule has 0 spiro atoms. The smallest absolute Gasteiger partial charge is 0.326 e. The molecule has 69 heteroatoms. The van der Waals surface area contributed by atoms with Crippen molar-refractivity contribution in [3.05, 3.63) is 0 Å². The Labute approximate surface area is 764 Å². The highest BCUT2D eigenvalue weighted by Gasteiger charge is 2.41. The predicted molar refractivity (Wildman–Crippen MR) is 430 cm³/mol. The highest BCUT2D eigenvalue weighted by molar-refractivity contribution is 6.04. The van der Waals surface area contributed by atoms with Gasteiger partial charge in [-0.05, 0) is 0 Å². The van der Waals surface area contributed by atoms with E-state index >= 15 is 0 Å². The number of primary amides is 3. The number of carbonyl (C=O) groups excluding carboxylic acids is 23. The van der Waals surface area contributed by atoms with Crippen LogP contribution in [0.3, 0.4) is 0 Å². The molecule has 0 aromatic carbocycles. The Balaban J connectivity index is 6.37. The molecule has 0 fully saturated rings. The first-order valence-corrected chi connectivity index (χ1v) is 38.9. The Morgan fingerprint density at radius 3 is 0.496 bits per heavy atom. The third-order valence-electron chi connectivity index (χ3n) is 17.2. The van der Waals surface area contributed by atoms with Gasteiger partial charge >= 0.3 is 41.8 Å². The molecular formula is C68H102N24O45. The highest BCUT2D eigenvalue weighted by Crippen LogP contribution is 2.08. The van der Waals surface area contributed by atoms with Crippen LogP contribution in [0, 0.1) is 0 Å². The van der Waals surface area contributed by atoms with Crippen LogP contribution in [-0.4, -0.2) is 436 Å². The summed E-state index contributed by atoms with van der Waals surface area (Å²) in [5.74, 6) is -47.6. The number of aliphatic hydroxyl groups is 8. The molecule has 0 aromatic heterocycles. The van der Waals surface area contributed by atoms with Gasteiger partial charge in [0, 0.05) is 0 Å². The SMILES string of the molecule is NC(=O)C[C@H](NC(=O)[C@H](CO)NC(=O)[C@H](CC(=O)O)NC(=O)[C@H](CO)NC(=O)CNC(=O)[C@H](CO)NC(=O)CNC(=O)[C@H](CC(=O)O)NC(=O)[C@H](CC(N)=O)NC(=O)[C@H](CO)NC(=O)[C@H](CC(=O)O)NC(=O)[C@H](CO)NC(=O)[C@H](CC(=O)O)NC(=O)[C@H](CC(N)=O)NC(=O)[C@H](CO)NC(=O)[C@H](CC(=O)O)NC(=O)[C@H](CO)NC(=O)CNC(=O)[C@H](CO)NC(=O)CNC(=O)[C@@H](N)CC(=O)O)C(=O)O. The molecule has 0 aliphatic rings. The second-order valence-corrected chi connectivity index (χ2v) is 28.1. The third-order valence-corrected chi connectivity index (χ3v) is 17.2. The minimum Gasteiger partial charge on any atom is -0.481 e. The molecule has 0 heterocycles. The van der Waals surface area contributed by atoms with E-state index in [-0.39, 0.29) is 0 Å². The number of carboxylic acid groups (broad SMARTS) is 7. The van der Waals surface area contributed by atoms with Crippen LogP contribution >= 0.6 is 0 Å². The number of carboxylic acids is 7. The Bertz CT molecular complexity index is 4480. The van der Waals surface area contributed by atoms with E-state index in [1.165, 1.54) is 0 Å². The molecule has 23 amide bonds. The van der Waals surface area contributed by atoms with Crippen molar-refractivity contribution in [3.63, 3.8) is 0 Å². The molecule has 0 saturated heterocycles. The van der Waals surface area contributed by atoms with Gasteiger partial charge in [0.25, 0.3) is 0 Å². The van der Waals surface area contributed by atoms with Gasteiger partial charge in [-0.1, -0.05) is 0 Å². The van der Waals surface area contributed by atoms with E-state index in [0.29, 0.717) is 0 Å². The zero-order chi connectivity index (χ0) is 105. The van der Waals surface area contributed by atoms with Gasteiger partial charge in [0.2, 0.25) is 136 Å². The summed E-state index contributed by atoms with van der Waals surface area (Å²) in [6, 6.07) is -37.5. The summed E-state index contributed by atoms with van der Waals surface area (Å²) in [6.07, 6.45) is -11.6. The first-order valence-electron chi connectivity index (χ1n) is 38.9. The summed E-state index contributed by atoms with van der Waals surface area (Å²) in [5.41, 5.74) is 20.8. The van der Waals surface area contributed by atoms with Crippen LogP contribution in [0.15, 0.2) is 0 Å². The lowest BCUT2D eigenvalue weighted by Crippen LogP contribution is -2.62. The van der Waals surface area contributed by atoms with Crippen molar-refractivity contribution in [1.29, 1.82) is 0 Å². The van der Waals surface area contributed by atoms with E-state index in [4.69, 9.17) is 28.0 Å². The van der Waals surface area contributed by atoms with Gasteiger partial charge in [-0.3, -0.25) is 139 Å². The van der Waals surface area contributed by atoms with Gasteiger partial charge < -0.3 is 206 Å². The van der Waals surface area contributed by atoms with Gasteiger partial charge in [0.1, 0.15) is 96.7 Å². The fourth-order valence-corrected chi connectivity index (χ4v) is 10.4. The number of hydrogen-bond acceptors (Lipinski definition) is 39. The Hall–Kier alpha value is -16.3. The van der Waals surface area contributed by atoms with E-state index < -0.39 is 417 Å². The highest BCUT2D eigenvalue weighted by atomic mass is 16.4. The first-order chi connectivity index (χ1) is 63.9. The molecule has 764 valence electrons. The standard InChI is InChI=1S/C68H102N24O45/c69-22(1-46(108)109)52(120)73-10-42(104)77-31(14-93)54(122)75-12-44(106)79-33(16-95)62(130)85-27(7-49(114)115)59(127)89-36(19-98)65(133)82-24(3-40(71)102)57(125)84-26(6-48(112)113)58(126)91-37(20-99)66(134)87-29(9-51(118)119)61(129)90-35(18-97)64(132)81-23(2-39(70)101)56(124)83-25(5-47(110)111)53(121)74-11-43(105)78-32(15-94)55(123)76-13-45(107)80-34(17-96)63(131)86-28(8-50(116)117)60(128)92-38(21-100)67(135)88-30(68(136)137)4-41(72)103/h22-38,93-100H,1-21,69H2,(H2,70,101)(H2,71,102)(H2,72,103)(H,73,120)(H,74,121)(H,75,122)(H,76,123)(H,77,104)(H,78,105)(H,79,106)(H,80,107)(H,81,132)(H,82,133)(H,83,124)(H,84,125)(H,85,130)(H,86,131)(H,87,134)(H,88,135)(H,89,127)(H,90,129)(H,91,126)(H,92,128)(H,108,109)(H,110,111)(H,112,113)(H,114,115)(H,116,117)(H,118,119)(H,136,137)/t22-,23-,24-,25-,26-,27-,28-,29-,30-,31-,32-,33-,34-,35-,36-,37-,38-/m0/s1. The van der Waals surface area contributed by atoms with Crippen LogP contribution in [0.2, 0.25) is 0 Å². The molecule has 0 unspecified atom stereocenters. The van der Waals surface area contributed by atoms with E-state index in [2.05, 4.69) is 0 Å². The zero-order valence-corrected chi connectivity index (χ0v) is 70.9. The molecule has 43 N–H and O–H groups in total. The largest absolute Gasteiger partial charge is 0.481 e. The van der Waals surface area contributed by atoms with Crippen molar-refractivity contribution in [1.82, 2.24) is 106 Å². The third kappa shape index (κ3) is 47.1. The van der Waals surface area contributed by atoms with Crippen molar-refractivity contribution in [2.75, 3.05) is 79.0 Å². The van der Waals surface area contributed by atoms with Crippen LogP contribution in [0.4, 0.5) is 0 Å². The van der Waals surface area contributed by atoms with Crippen molar-refractivity contribution in [3.8, 4) is 0 Å². The summed E-state index contributed by atoms with van der Waals surface area (Å²) < 4.78 is 0. The van der Waals surface area contributed by atoms with Crippen LogP contribution in [-0.2, 0) is 144 Å². The summed E-state index contributed by atoms with van der Waals surface area (Å²) in [7, 11) is 0. The number of aliphatic carboxylic acids is 7. The van der Waals surface area contributed by atoms with Crippen molar-refractivity contribution in [2.24, 2.45) is 22.9 Å². The number of carbonyl (C=O) groups is 30. The van der Waals surface area contributed by atoms with Crippen molar-refractivity contribution >= 4 is 178 Å². The fourth-order valence-electron chi connectivity index (χ4n) is 10.4. The first kappa shape index (κ1) is 121. The fraction of sp³-hybridized carbons (Fsp3) is 0.559. The number of hydrogen-bond donors (Lipinski definition) is 39. The molecule has 0 aliphatic heterocycles. The number of nitrogens with one attached hydrogen (secondary N) is 20. The minimum absolute atomic E-state index is 0.829. The lowest BCUT2D eigenvalue weighted by atomic mass is 10.1. The average Bonchev–Trinajstić information content (AvgIpc) is 0.876. The predicted octanol–water partition coefficient (Wildman–Crippen LogP) is -27.0. The van der Waals surface area contributed by atoms with E-state index in [1.807, 2.05) is 53.2 Å². The lowest BCUT2D eigenvalue weighted by Gasteiger charge is -2.26. The quantitative estimate of drug-likeness (QED) is 0.0269. The monoisotopic (exact) mass is 1970 g/mol. The Morgan fingerprint density at radius 2 is 0.314 bits per heavy atom. The van der Waals surface area contributed by atoms with Crippen LogP contribution in [0.1, 0.15) is 57.8 Å². The van der Waals surface area contributed by atoms with E-state index in [0.717, 1.165) is 0 Å². The van der Waals surface area contributed by atoms with Crippen LogP contribution in [0.5, 0.6) is 0 Å². The number of aliphatic hydroxyl groups excluding tert-OH is 8. The van der Waals surface area contributed by atoms with Gasteiger partial charge in [0.15, 0.2) is 0 Å². The molecule has 0 radical (unpaired) electrons. The summed E-state index contributed by atoms with van der Waals surface area (Å²) in [6.45, 7) is -15.5. The molecule has 69 nitrogen and oxygen atoms in total. The van der Waals surface area contributed by atoms with E-state index in [9.17, 15) is 215 Å². The molecule has 17 atom stereocenters. The second-order valence-electron chi connectivity index (χ2n) is 28.1.